The smallest absolute Gasteiger partial charge is 0.331 e. The maximum atomic E-state index is 11.5. The van der Waals surface area contributed by atoms with E-state index >= 15 is 0 Å². The van der Waals surface area contributed by atoms with Crippen molar-refractivity contribution in [2.24, 2.45) is 0 Å². The van der Waals surface area contributed by atoms with Crippen molar-refractivity contribution >= 4 is 0 Å². The van der Waals surface area contributed by atoms with Crippen molar-refractivity contribution in [1.29, 1.82) is 0 Å². The Morgan fingerprint density at radius 1 is 1.62 bits per heavy atom. The van der Waals surface area contributed by atoms with E-state index in [4.69, 9.17) is 4.74 Å². The maximum Gasteiger partial charge on any atom is 0.331 e. The lowest BCUT2D eigenvalue weighted by molar-refractivity contribution is 0.00538. The standard InChI is InChI=1S/C10H12N2O4/c1-5-4-12(10(15)11-8(5)14)9-7(13)3-6(2)16-9/h4,7,9,13H,2-3H2,1H3,(H,11,14,15)/t7?,9-/m1/s1. The summed E-state index contributed by atoms with van der Waals surface area (Å²) < 4.78 is 6.40. The Morgan fingerprint density at radius 2 is 2.31 bits per heavy atom. The van der Waals surface area contributed by atoms with E-state index in [1.165, 1.54) is 10.8 Å². The molecule has 0 saturated carbocycles. The van der Waals surface area contributed by atoms with E-state index in [-0.39, 0.29) is 6.42 Å². The third-order valence-electron chi connectivity index (χ3n) is 2.47. The first-order valence-electron chi connectivity index (χ1n) is 4.83. The van der Waals surface area contributed by atoms with Crippen molar-refractivity contribution in [3.63, 3.8) is 0 Å². The molecule has 16 heavy (non-hydrogen) atoms. The molecular formula is C10H12N2O4. The molecule has 0 spiro atoms. The first-order valence-corrected chi connectivity index (χ1v) is 4.83. The summed E-state index contributed by atoms with van der Waals surface area (Å²) in [6.45, 7) is 5.15. The van der Waals surface area contributed by atoms with Gasteiger partial charge in [0.05, 0.1) is 5.76 Å². The van der Waals surface area contributed by atoms with Gasteiger partial charge in [0.25, 0.3) is 5.56 Å². The molecule has 1 aliphatic heterocycles. The first-order chi connectivity index (χ1) is 7.49. The van der Waals surface area contributed by atoms with Gasteiger partial charge in [-0.1, -0.05) is 6.58 Å². The largest absolute Gasteiger partial charge is 0.472 e. The van der Waals surface area contributed by atoms with Gasteiger partial charge in [0, 0.05) is 18.2 Å². The Labute approximate surface area is 90.8 Å². The quantitative estimate of drug-likeness (QED) is 0.682. The number of aromatic amines is 1. The zero-order valence-corrected chi connectivity index (χ0v) is 8.77. The van der Waals surface area contributed by atoms with Crippen LogP contribution in [0.3, 0.4) is 0 Å². The molecule has 1 fully saturated rings. The molecule has 1 aromatic heterocycles. The van der Waals surface area contributed by atoms with Gasteiger partial charge in [0.1, 0.15) is 6.10 Å². The van der Waals surface area contributed by atoms with Crippen LogP contribution < -0.4 is 11.2 Å². The molecule has 1 unspecified atom stereocenters. The second-order valence-electron chi connectivity index (χ2n) is 3.80. The number of hydrogen-bond acceptors (Lipinski definition) is 4. The molecule has 0 amide bonds. The molecule has 1 saturated heterocycles. The number of H-pyrrole nitrogens is 1. The van der Waals surface area contributed by atoms with Gasteiger partial charge in [-0.05, 0) is 6.92 Å². The number of ether oxygens (including phenoxy) is 1. The van der Waals surface area contributed by atoms with E-state index in [1.807, 2.05) is 0 Å². The number of nitrogens with one attached hydrogen (secondary N) is 1. The van der Waals surface area contributed by atoms with Gasteiger partial charge in [-0.25, -0.2) is 4.79 Å². The molecule has 0 radical (unpaired) electrons. The van der Waals surface area contributed by atoms with Gasteiger partial charge in [-0.3, -0.25) is 14.3 Å². The van der Waals surface area contributed by atoms with E-state index in [1.54, 1.807) is 6.92 Å². The molecule has 6 heteroatoms. The number of nitrogens with zero attached hydrogens (tertiary/aromatic N) is 1. The number of aliphatic hydroxyl groups is 1. The Morgan fingerprint density at radius 3 is 2.88 bits per heavy atom. The van der Waals surface area contributed by atoms with Gasteiger partial charge < -0.3 is 9.84 Å². The average Bonchev–Trinajstić information content (AvgIpc) is 2.51. The van der Waals surface area contributed by atoms with E-state index < -0.39 is 23.6 Å². The second-order valence-corrected chi connectivity index (χ2v) is 3.80. The molecule has 1 aliphatic rings. The summed E-state index contributed by atoms with van der Waals surface area (Å²) in [6, 6.07) is 0. The predicted molar refractivity (Wildman–Crippen MR) is 55.9 cm³/mol. The topological polar surface area (TPSA) is 84.3 Å². The minimum Gasteiger partial charge on any atom is -0.472 e. The molecule has 0 aliphatic carbocycles. The lowest BCUT2D eigenvalue weighted by Crippen LogP contribution is -2.36. The molecule has 0 bridgehead atoms. The minimum atomic E-state index is -0.824. The lowest BCUT2D eigenvalue weighted by atomic mass is 10.2. The van der Waals surface area contributed by atoms with Crippen LogP contribution in [-0.4, -0.2) is 20.8 Å². The van der Waals surface area contributed by atoms with Crippen LogP contribution in [0.25, 0.3) is 0 Å². The summed E-state index contributed by atoms with van der Waals surface area (Å²) in [4.78, 5) is 24.8. The minimum absolute atomic E-state index is 0.287. The third-order valence-corrected chi connectivity index (χ3v) is 2.47. The SMILES string of the molecule is C=C1CC(O)[C@H](n2cc(C)c(=O)[nH]c2=O)O1. The Balaban J connectivity index is 2.49. The van der Waals surface area contributed by atoms with Gasteiger partial charge in [0.15, 0.2) is 0 Å². The van der Waals surface area contributed by atoms with Crippen LogP contribution in [0, 0.1) is 6.92 Å². The van der Waals surface area contributed by atoms with Gasteiger partial charge in [0.2, 0.25) is 6.23 Å². The van der Waals surface area contributed by atoms with Crippen molar-refractivity contribution in [3.05, 3.63) is 44.9 Å². The highest BCUT2D eigenvalue weighted by Crippen LogP contribution is 2.28. The van der Waals surface area contributed by atoms with Crippen molar-refractivity contribution in [2.45, 2.75) is 25.7 Å². The molecule has 86 valence electrons. The maximum absolute atomic E-state index is 11.5. The normalized spacial score (nSPS) is 24.5. The molecule has 2 atom stereocenters. The molecule has 2 rings (SSSR count). The van der Waals surface area contributed by atoms with Gasteiger partial charge >= 0.3 is 5.69 Å². The van der Waals surface area contributed by atoms with E-state index in [2.05, 4.69) is 11.6 Å². The highest BCUT2D eigenvalue weighted by molar-refractivity contribution is 5.04. The number of aliphatic hydroxyl groups excluding tert-OH is 1. The number of aryl methyl sites for hydroxylation is 1. The molecule has 0 aromatic carbocycles. The molecular weight excluding hydrogens is 212 g/mol. The van der Waals surface area contributed by atoms with Crippen molar-refractivity contribution in [2.75, 3.05) is 0 Å². The monoisotopic (exact) mass is 224 g/mol. The highest BCUT2D eigenvalue weighted by atomic mass is 16.5. The Bertz CT molecular complexity index is 542. The molecule has 1 aromatic rings. The van der Waals surface area contributed by atoms with Crippen LogP contribution in [-0.2, 0) is 4.74 Å². The number of rotatable bonds is 1. The Kier molecular flexibility index (Phi) is 2.43. The van der Waals surface area contributed by atoms with Crippen LogP contribution in [0.1, 0.15) is 18.2 Å². The summed E-state index contributed by atoms with van der Waals surface area (Å²) in [5.74, 6) is 0.424. The van der Waals surface area contributed by atoms with E-state index in [0.29, 0.717) is 11.3 Å². The summed E-state index contributed by atoms with van der Waals surface area (Å²) >= 11 is 0. The zero-order chi connectivity index (χ0) is 11.9. The summed E-state index contributed by atoms with van der Waals surface area (Å²) in [5.41, 5.74) is -0.658. The van der Waals surface area contributed by atoms with Gasteiger partial charge in [-0.2, -0.15) is 0 Å². The summed E-state index contributed by atoms with van der Waals surface area (Å²) in [7, 11) is 0. The second kappa shape index (κ2) is 3.64. The van der Waals surface area contributed by atoms with Crippen LogP contribution in [0.2, 0.25) is 0 Å². The van der Waals surface area contributed by atoms with Crippen LogP contribution in [0.5, 0.6) is 0 Å². The molecule has 2 N–H and O–H groups in total. The van der Waals surface area contributed by atoms with E-state index in [0.717, 1.165) is 0 Å². The highest BCUT2D eigenvalue weighted by Gasteiger charge is 2.32. The van der Waals surface area contributed by atoms with Gasteiger partial charge in [-0.15, -0.1) is 0 Å². The van der Waals surface area contributed by atoms with Crippen LogP contribution in [0.15, 0.2) is 28.1 Å². The van der Waals surface area contributed by atoms with Crippen molar-refractivity contribution in [1.82, 2.24) is 9.55 Å². The lowest BCUT2D eigenvalue weighted by Gasteiger charge is -2.16. The number of hydrogen-bond donors (Lipinski definition) is 2. The first kappa shape index (κ1) is 10.7. The fourth-order valence-electron chi connectivity index (χ4n) is 1.65. The number of aromatic nitrogens is 2. The van der Waals surface area contributed by atoms with Crippen LogP contribution >= 0.6 is 0 Å². The van der Waals surface area contributed by atoms with Crippen molar-refractivity contribution in [3.8, 4) is 0 Å². The van der Waals surface area contributed by atoms with E-state index in [9.17, 15) is 14.7 Å². The third kappa shape index (κ3) is 1.67. The summed E-state index contributed by atoms with van der Waals surface area (Å²) in [5, 5.41) is 9.66. The summed E-state index contributed by atoms with van der Waals surface area (Å²) in [6.07, 6.45) is 0.0224. The molecule has 6 nitrogen and oxygen atoms in total. The van der Waals surface area contributed by atoms with Crippen molar-refractivity contribution < 1.29 is 9.84 Å². The zero-order valence-electron chi connectivity index (χ0n) is 8.77. The fraction of sp³-hybridized carbons (Fsp3) is 0.400. The molecule has 2 heterocycles. The predicted octanol–water partition coefficient (Wildman–Crippen LogP) is -0.361. The average molecular weight is 224 g/mol. The fourth-order valence-corrected chi connectivity index (χ4v) is 1.65. The Hall–Kier alpha value is -1.82. The van der Waals surface area contributed by atoms with Crippen LogP contribution in [0.4, 0.5) is 0 Å².